The minimum atomic E-state index is -0.204. The summed E-state index contributed by atoms with van der Waals surface area (Å²) < 4.78 is 13.0. The van der Waals surface area contributed by atoms with Crippen molar-refractivity contribution in [1.29, 1.82) is 0 Å². The maximum atomic E-state index is 13.0. The van der Waals surface area contributed by atoms with Crippen LogP contribution < -0.4 is 14.8 Å². The molecular formula is C22H26N2O3. The molecule has 0 saturated heterocycles. The van der Waals surface area contributed by atoms with Crippen molar-refractivity contribution in [2.75, 3.05) is 19.5 Å². The van der Waals surface area contributed by atoms with Crippen LogP contribution in [0.5, 0.6) is 11.5 Å². The van der Waals surface area contributed by atoms with Crippen LogP contribution in [0.1, 0.15) is 41.3 Å². The summed E-state index contributed by atoms with van der Waals surface area (Å²) in [5.41, 5.74) is 4.53. The second kappa shape index (κ2) is 7.35. The van der Waals surface area contributed by atoms with Crippen molar-refractivity contribution in [3.8, 4) is 11.5 Å². The lowest BCUT2D eigenvalue weighted by Crippen LogP contribution is -2.14. The van der Waals surface area contributed by atoms with Crippen molar-refractivity contribution in [3.05, 3.63) is 53.2 Å². The predicted octanol–water partition coefficient (Wildman–Crippen LogP) is 4.88. The lowest BCUT2D eigenvalue weighted by molar-refractivity contribution is 0.102. The van der Waals surface area contributed by atoms with Gasteiger partial charge in [0.05, 0.1) is 19.8 Å². The molecule has 1 N–H and O–H groups in total. The molecule has 27 heavy (non-hydrogen) atoms. The van der Waals surface area contributed by atoms with E-state index in [0.29, 0.717) is 11.3 Å². The van der Waals surface area contributed by atoms with Crippen LogP contribution in [0.25, 0.3) is 10.9 Å². The largest absolute Gasteiger partial charge is 0.496 e. The van der Waals surface area contributed by atoms with Crippen LogP contribution >= 0.6 is 0 Å². The van der Waals surface area contributed by atoms with Crippen molar-refractivity contribution < 1.29 is 14.3 Å². The fourth-order valence-electron chi connectivity index (χ4n) is 3.42. The second-order valence-electron chi connectivity index (χ2n) is 7.06. The Hall–Kier alpha value is -2.95. The lowest BCUT2D eigenvalue weighted by atomic mass is 9.98. The van der Waals surface area contributed by atoms with Gasteiger partial charge in [0, 0.05) is 35.9 Å². The highest BCUT2D eigenvalue weighted by Gasteiger charge is 2.19. The van der Waals surface area contributed by atoms with Gasteiger partial charge in [0.25, 0.3) is 5.91 Å². The first kappa shape index (κ1) is 18.8. The summed E-state index contributed by atoms with van der Waals surface area (Å²) >= 11 is 0. The molecule has 1 aromatic heterocycles. The van der Waals surface area contributed by atoms with Crippen molar-refractivity contribution in [2.45, 2.75) is 26.7 Å². The summed E-state index contributed by atoms with van der Waals surface area (Å²) in [7, 11) is 5.20. The van der Waals surface area contributed by atoms with E-state index >= 15 is 0 Å². The van der Waals surface area contributed by atoms with Crippen LogP contribution in [0.2, 0.25) is 0 Å². The molecule has 1 amide bonds. The molecule has 0 spiro atoms. The average Bonchev–Trinajstić information content (AvgIpc) is 2.93. The number of amides is 1. The number of benzene rings is 2. The zero-order valence-electron chi connectivity index (χ0n) is 16.7. The number of nitrogens with zero attached hydrogens (tertiary/aromatic N) is 1. The number of aryl methyl sites for hydroxylation is 2. The Morgan fingerprint density at radius 2 is 1.78 bits per heavy atom. The number of nitrogens with one attached hydrogen (secondary N) is 1. The van der Waals surface area contributed by atoms with Gasteiger partial charge in [-0.05, 0) is 48.2 Å². The van der Waals surface area contributed by atoms with E-state index in [9.17, 15) is 4.79 Å². The lowest BCUT2D eigenvalue weighted by Gasteiger charge is -2.17. The predicted molar refractivity (Wildman–Crippen MR) is 109 cm³/mol. The smallest absolute Gasteiger partial charge is 0.259 e. The quantitative estimate of drug-likeness (QED) is 0.700. The maximum absolute atomic E-state index is 13.0. The Kier molecular flexibility index (Phi) is 5.13. The third-order valence-electron chi connectivity index (χ3n) is 4.87. The van der Waals surface area contributed by atoms with E-state index < -0.39 is 0 Å². The first-order valence-corrected chi connectivity index (χ1v) is 8.98. The van der Waals surface area contributed by atoms with Gasteiger partial charge in [-0.3, -0.25) is 4.79 Å². The molecule has 1 heterocycles. The molecule has 0 aliphatic carbocycles. The Balaban J connectivity index is 1.98. The highest BCUT2D eigenvalue weighted by atomic mass is 16.5. The first-order valence-electron chi connectivity index (χ1n) is 8.98. The summed E-state index contributed by atoms with van der Waals surface area (Å²) in [6, 6.07) is 9.56. The zero-order chi connectivity index (χ0) is 19.7. The van der Waals surface area contributed by atoms with E-state index in [4.69, 9.17) is 9.47 Å². The van der Waals surface area contributed by atoms with Crippen LogP contribution in [-0.4, -0.2) is 24.7 Å². The molecule has 3 aromatic rings. The number of ether oxygens (including phenoxy) is 2. The summed E-state index contributed by atoms with van der Waals surface area (Å²) in [6.07, 6.45) is 2.08. The fraction of sp³-hybridized carbons (Fsp3) is 0.318. The summed E-state index contributed by atoms with van der Waals surface area (Å²) in [4.78, 5) is 13.0. The molecule has 0 saturated carbocycles. The normalized spacial score (nSPS) is 11.1. The van der Waals surface area contributed by atoms with Gasteiger partial charge in [-0.2, -0.15) is 0 Å². The fourth-order valence-corrected chi connectivity index (χ4v) is 3.42. The number of anilines is 1. The molecule has 3 rings (SSSR count). The molecule has 0 bridgehead atoms. The topological polar surface area (TPSA) is 52.5 Å². The van der Waals surface area contributed by atoms with Gasteiger partial charge in [-0.1, -0.05) is 13.8 Å². The SMILES string of the molecule is COc1cc(OC)c(C(C)C)cc1C(=O)Nc1ccc2c(c1)c(C)cn2C. The van der Waals surface area contributed by atoms with Crippen LogP contribution in [0.3, 0.4) is 0 Å². The number of methoxy groups -OCH3 is 2. The third-order valence-corrected chi connectivity index (χ3v) is 4.87. The number of carbonyl (C=O) groups excluding carboxylic acids is 1. The number of hydrogen-bond donors (Lipinski definition) is 1. The van der Waals surface area contributed by atoms with Gasteiger partial charge in [0.2, 0.25) is 0 Å². The number of rotatable bonds is 5. The van der Waals surface area contributed by atoms with E-state index in [2.05, 4.69) is 36.9 Å². The van der Waals surface area contributed by atoms with E-state index in [1.54, 1.807) is 20.3 Å². The molecule has 0 unspecified atom stereocenters. The van der Waals surface area contributed by atoms with E-state index in [0.717, 1.165) is 27.9 Å². The Morgan fingerprint density at radius 1 is 1.07 bits per heavy atom. The monoisotopic (exact) mass is 366 g/mol. The molecule has 142 valence electrons. The molecule has 5 heteroatoms. The van der Waals surface area contributed by atoms with Gasteiger partial charge in [-0.15, -0.1) is 0 Å². The molecule has 0 fully saturated rings. The Bertz CT molecular complexity index is 1000. The molecule has 0 aliphatic rings. The van der Waals surface area contributed by atoms with Crippen molar-refractivity contribution in [1.82, 2.24) is 4.57 Å². The van der Waals surface area contributed by atoms with Crippen molar-refractivity contribution >= 4 is 22.5 Å². The van der Waals surface area contributed by atoms with Crippen molar-refractivity contribution in [2.24, 2.45) is 7.05 Å². The molecular weight excluding hydrogens is 340 g/mol. The number of aromatic nitrogens is 1. The molecule has 5 nitrogen and oxygen atoms in total. The Morgan fingerprint density at radius 3 is 2.41 bits per heavy atom. The van der Waals surface area contributed by atoms with Crippen molar-refractivity contribution in [3.63, 3.8) is 0 Å². The van der Waals surface area contributed by atoms with Crippen LogP contribution in [0, 0.1) is 6.92 Å². The van der Waals surface area contributed by atoms with E-state index in [1.807, 2.05) is 31.3 Å². The summed E-state index contributed by atoms with van der Waals surface area (Å²) in [5, 5.41) is 4.12. The third kappa shape index (κ3) is 3.50. The van der Waals surface area contributed by atoms with E-state index in [1.165, 1.54) is 5.56 Å². The highest BCUT2D eigenvalue weighted by molar-refractivity contribution is 6.07. The van der Waals surface area contributed by atoms with Gasteiger partial charge in [0.15, 0.2) is 0 Å². The molecule has 2 aromatic carbocycles. The molecule has 0 atom stereocenters. The highest BCUT2D eigenvalue weighted by Crippen LogP contribution is 2.34. The van der Waals surface area contributed by atoms with Crippen LogP contribution in [0.15, 0.2) is 36.5 Å². The average molecular weight is 366 g/mol. The maximum Gasteiger partial charge on any atom is 0.259 e. The van der Waals surface area contributed by atoms with Crippen LogP contribution in [0.4, 0.5) is 5.69 Å². The van der Waals surface area contributed by atoms with Gasteiger partial charge >= 0.3 is 0 Å². The summed E-state index contributed by atoms with van der Waals surface area (Å²) in [6.45, 7) is 6.20. The second-order valence-corrected chi connectivity index (χ2v) is 7.06. The van der Waals surface area contributed by atoms with Gasteiger partial charge in [-0.25, -0.2) is 0 Å². The molecule has 0 aliphatic heterocycles. The summed E-state index contributed by atoms with van der Waals surface area (Å²) in [5.74, 6) is 1.23. The molecule has 0 radical (unpaired) electrons. The number of hydrogen-bond acceptors (Lipinski definition) is 3. The van der Waals surface area contributed by atoms with Gasteiger partial charge in [0.1, 0.15) is 11.5 Å². The zero-order valence-corrected chi connectivity index (χ0v) is 16.7. The minimum Gasteiger partial charge on any atom is -0.496 e. The van der Waals surface area contributed by atoms with Gasteiger partial charge < -0.3 is 19.4 Å². The number of fused-ring (bicyclic) bond motifs is 1. The first-order chi connectivity index (χ1) is 12.8. The number of carbonyl (C=O) groups is 1. The minimum absolute atomic E-state index is 0.204. The van der Waals surface area contributed by atoms with Crippen LogP contribution in [-0.2, 0) is 7.05 Å². The van der Waals surface area contributed by atoms with E-state index in [-0.39, 0.29) is 11.8 Å². The Labute approximate surface area is 159 Å². The standard InChI is InChI=1S/C22H26N2O3/c1-13(2)16-10-18(21(27-6)11-20(16)26-5)22(25)23-15-7-8-19-17(9-15)14(3)12-24(19)4/h7-13H,1-6H3,(H,23,25).